The number of benzene rings is 2. The summed E-state index contributed by atoms with van der Waals surface area (Å²) in [5.74, 6) is -0.675. The molecule has 1 saturated heterocycles. The first-order valence-electron chi connectivity index (χ1n) is 9.12. The van der Waals surface area contributed by atoms with E-state index in [9.17, 15) is 19.7 Å². The summed E-state index contributed by atoms with van der Waals surface area (Å²) in [6, 6.07) is 10.9. The van der Waals surface area contributed by atoms with E-state index in [1.54, 1.807) is 30.3 Å². The first-order valence-corrected chi connectivity index (χ1v) is 9.12. The number of nitro groups is 1. The van der Waals surface area contributed by atoms with Gasteiger partial charge in [0.15, 0.2) is 6.61 Å². The number of carbonyl (C=O) groups excluding carboxylic acids is 2. The molecule has 152 valence electrons. The number of nitrogens with zero attached hydrogens (tertiary/aromatic N) is 2. The van der Waals surface area contributed by atoms with Gasteiger partial charge in [0.05, 0.1) is 17.6 Å². The minimum absolute atomic E-state index is 0.0249. The van der Waals surface area contributed by atoms with E-state index in [2.05, 4.69) is 5.32 Å². The number of carbonyl (C=O) groups is 2. The van der Waals surface area contributed by atoms with Crippen molar-refractivity contribution in [1.82, 2.24) is 0 Å². The summed E-state index contributed by atoms with van der Waals surface area (Å²) in [7, 11) is 1.54. The summed E-state index contributed by atoms with van der Waals surface area (Å²) in [6.07, 6.45) is 1.95. The van der Waals surface area contributed by atoms with Crippen LogP contribution in [-0.4, -0.2) is 43.6 Å². The Balaban J connectivity index is 1.61. The zero-order valence-electron chi connectivity index (χ0n) is 15.9. The van der Waals surface area contributed by atoms with Gasteiger partial charge >= 0.3 is 5.97 Å². The summed E-state index contributed by atoms with van der Waals surface area (Å²) < 4.78 is 10.0. The third-order valence-corrected chi connectivity index (χ3v) is 4.56. The number of rotatable bonds is 7. The molecule has 0 unspecified atom stereocenters. The van der Waals surface area contributed by atoms with Crippen molar-refractivity contribution < 1.29 is 24.0 Å². The van der Waals surface area contributed by atoms with Gasteiger partial charge in [0.25, 0.3) is 11.6 Å². The second-order valence-corrected chi connectivity index (χ2v) is 6.51. The van der Waals surface area contributed by atoms with Gasteiger partial charge in [-0.05, 0) is 49.2 Å². The Kier molecular flexibility index (Phi) is 6.28. The predicted molar refractivity (Wildman–Crippen MR) is 106 cm³/mol. The Bertz CT molecular complexity index is 907. The lowest BCUT2D eigenvalue weighted by atomic mass is 10.1. The summed E-state index contributed by atoms with van der Waals surface area (Å²) in [6.45, 7) is 0.985. The van der Waals surface area contributed by atoms with Crippen LogP contribution in [0.25, 0.3) is 0 Å². The highest BCUT2D eigenvalue weighted by Crippen LogP contribution is 2.31. The predicted octanol–water partition coefficient (Wildman–Crippen LogP) is 3.00. The molecule has 1 aliphatic heterocycles. The van der Waals surface area contributed by atoms with Gasteiger partial charge in [0.2, 0.25) is 0 Å². The molecule has 0 saturated carbocycles. The quantitative estimate of drug-likeness (QED) is 0.433. The lowest BCUT2D eigenvalue weighted by Gasteiger charge is -2.17. The number of hydrogen-bond acceptors (Lipinski definition) is 7. The molecular weight excluding hydrogens is 378 g/mol. The van der Waals surface area contributed by atoms with Gasteiger partial charge in [-0.3, -0.25) is 14.9 Å². The fourth-order valence-corrected chi connectivity index (χ4v) is 3.11. The molecule has 0 aliphatic carbocycles. The van der Waals surface area contributed by atoms with Crippen LogP contribution in [0.2, 0.25) is 0 Å². The van der Waals surface area contributed by atoms with Gasteiger partial charge in [-0.2, -0.15) is 0 Å². The molecule has 1 heterocycles. The van der Waals surface area contributed by atoms with Crippen LogP contribution in [0.3, 0.4) is 0 Å². The van der Waals surface area contributed by atoms with Crippen molar-refractivity contribution in [3.63, 3.8) is 0 Å². The summed E-state index contributed by atoms with van der Waals surface area (Å²) in [5, 5.41) is 14.0. The second-order valence-electron chi connectivity index (χ2n) is 6.51. The van der Waals surface area contributed by atoms with E-state index in [1.807, 2.05) is 4.90 Å². The van der Waals surface area contributed by atoms with E-state index in [-0.39, 0.29) is 11.3 Å². The number of esters is 1. The molecule has 9 heteroatoms. The highest BCUT2D eigenvalue weighted by atomic mass is 16.6. The lowest BCUT2D eigenvalue weighted by Crippen LogP contribution is -2.21. The maximum absolute atomic E-state index is 12.2. The molecule has 1 N–H and O–H groups in total. The van der Waals surface area contributed by atoms with E-state index in [0.717, 1.165) is 25.9 Å². The molecule has 0 spiro atoms. The highest BCUT2D eigenvalue weighted by molar-refractivity contribution is 5.96. The van der Waals surface area contributed by atoms with Gasteiger partial charge in [-0.15, -0.1) is 0 Å². The minimum Gasteiger partial charge on any atom is -0.497 e. The van der Waals surface area contributed by atoms with Crippen LogP contribution in [0.4, 0.5) is 17.1 Å². The molecule has 1 aliphatic rings. The van der Waals surface area contributed by atoms with Crippen LogP contribution < -0.4 is 15.0 Å². The molecule has 0 bridgehead atoms. The van der Waals surface area contributed by atoms with Gasteiger partial charge < -0.3 is 19.7 Å². The topological polar surface area (TPSA) is 111 Å². The molecule has 0 atom stereocenters. The lowest BCUT2D eigenvalue weighted by molar-refractivity contribution is -0.384. The maximum Gasteiger partial charge on any atom is 0.338 e. The zero-order chi connectivity index (χ0) is 20.8. The average molecular weight is 399 g/mol. The third kappa shape index (κ3) is 5.01. The van der Waals surface area contributed by atoms with Crippen molar-refractivity contribution >= 4 is 28.9 Å². The molecule has 29 heavy (non-hydrogen) atoms. The number of amides is 1. The zero-order valence-corrected chi connectivity index (χ0v) is 15.9. The number of anilines is 2. The smallest absolute Gasteiger partial charge is 0.338 e. The van der Waals surface area contributed by atoms with E-state index < -0.39 is 23.4 Å². The number of nitro benzene ring substituents is 1. The fourth-order valence-electron chi connectivity index (χ4n) is 3.11. The Labute approximate surface area is 167 Å². The molecule has 2 aromatic rings. The van der Waals surface area contributed by atoms with Crippen LogP contribution in [0.5, 0.6) is 5.75 Å². The summed E-state index contributed by atoms with van der Waals surface area (Å²) in [5.41, 5.74) is 0.889. The van der Waals surface area contributed by atoms with E-state index in [4.69, 9.17) is 9.47 Å². The monoisotopic (exact) mass is 399 g/mol. The summed E-state index contributed by atoms with van der Waals surface area (Å²) in [4.78, 5) is 37.0. The fraction of sp³-hybridized carbons (Fsp3) is 0.300. The van der Waals surface area contributed by atoms with Crippen LogP contribution in [0.15, 0.2) is 42.5 Å². The third-order valence-electron chi connectivity index (χ3n) is 4.56. The van der Waals surface area contributed by atoms with Crippen molar-refractivity contribution in [3.05, 3.63) is 58.1 Å². The van der Waals surface area contributed by atoms with Gasteiger partial charge in [-0.25, -0.2) is 4.79 Å². The Hall–Kier alpha value is -3.62. The van der Waals surface area contributed by atoms with Crippen LogP contribution in [0, 0.1) is 10.1 Å². The van der Waals surface area contributed by atoms with E-state index in [1.165, 1.54) is 19.2 Å². The molecule has 0 aromatic heterocycles. The van der Waals surface area contributed by atoms with E-state index >= 15 is 0 Å². The number of nitrogens with one attached hydrogen (secondary N) is 1. The van der Waals surface area contributed by atoms with Crippen LogP contribution >= 0.6 is 0 Å². The Morgan fingerprint density at radius 2 is 1.83 bits per heavy atom. The SMILES string of the molecule is COc1ccc(NC(=O)COC(=O)c2ccc(N3CCCC3)c([N+](=O)[O-])c2)cc1. The summed E-state index contributed by atoms with van der Waals surface area (Å²) >= 11 is 0. The van der Waals surface area contributed by atoms with Crippen LogP contribution in [-0.2, 0) is 9.53 Å². The maximum atomic E-state index is 12.2. The van der Waals surface area contributed by atoms with Crippen molar-refractivity contribution in [2.24, 2.45) is 0 Å². The van der Waals surface area contributed by atoms with Crippen molar-refractivity contribution in [3.8, 4) is 5.75 Å². The first-order chi connectivity index (χ1) is 14.0. The molecular formula is C20H21N3O6. The Morgan fingerprint density at radius 1 is 1.14 bits per heavy atom. The van der Waals surface area contributed by atoms with Gasteiger partial charge in [-0.1, -0.05) is 0 Å². The molecule has 3 rings (SSSR count). The second kappa shape index (κ2) is 9.05. The van der Waals surface area contributed by atoms with Crippen molar-refractivity contribution in [1.29, 1.82) is 0 Å². The minimum atomic E-state index is -0.800. The van der Waals surface area contributed by atoms with Crippen LogP contribution in [0.1, 0.15) is 23.2 Å². The van der Waals surface area contributed by atoms with Crippen molar-refractivity contribution in [2.45, 2.75) is 12.8 Å². The first kappa shape index (κ1) is 20.1. The number of hydrogen-bond donors (Lipinski definition) is 1. The largest absolute Gasteiger partial charge is 0.497 e. The van der Waals surface area contributed by atoms with E-state index in [0.29, 0.717) is 17.1 Å². The normalized spacial score (nSPS) is 13.1. The average Bonchev–Trinajstić information content (AvgIpc) is 3.27. The number of methoxy groups -OCH3 is 1. The standard InChI is InChI=1S/C20H21N3O6/c1-28-16-7-5-15(6-8-16)21-19(24)13-29-20(25)14-4-9-17(18(12-14)23(26)27)22-10-2-3-11-22/h4-9,12H,2-3,10-11,13H2,1H3,(H,21,24). The molecule has 2 aromatic carbocycles. The molecule has 1 amide bonds. The molecule has 1 fully saturated rings. The van der Waals surface area contributed by atoms with Crippen molar-refractivity contribution in [2.75, 3.05) is 37.0 Å². The highest BCUT2D eigenvalue weighted by Gasteiger charge is 2.24. The number of ether oxygens (including phenoxy) is 2. The molecule has 0 radical (unpaired) electrons. The Morgan fingerprint density at radius 3 is 2.45 bits per heavy atom. The van der Waals surface area contributed by atoms with Gasteiger partial charge in [0, 0.05) is 24.8 Å². The molecule has 9 nitrogen and oxygen atoms in total. The van der Waals surface area contributed by atoms with Gasteiger partial charge in [0.1, 0.15) is 11.4 Å².